The van der Waals surface area contributed by atoms with Crippen LogP contribution in [0.5, 0.6) is 5.75 Å². The molecule has 1 aliphatic heterocycles. The Kier molecular flexibility index (Phi) is 7.07. The number of hydrogen-bond donors (Lipinski definition) is 2. The number of carbonyl (C=O) groups excluding carboxylic acids is 2. The summed E-state index contributed by atoms with van der Waals surface area (Å²) in [6.07, 6.45) is 2.22. The van der Waals surface area contributed by atoms with Crippen molar-refractivity contribution in [1.82, 2.24) is 10.3 Å². The zero-order valence-corrected chi connectivity index (χ0v) is 19.3. The smallest absolute Gasteiger partial charge is 0.224 e. The Bertz CT molecular complexity index is 1130. The molecule has 2 amide bonds. The van der Waals surface area contributed by atoms with E-state index in [1.807, 2.05) is 49.4 Å². The largest absolute Gasteiger partial charge is 0.494 e. The van der Waals surface area contributed by atoms with Crippen LogP contribution in [0.1, 0.15) is 34.7 Å². The van der Waals surface area contributed by atoms with Crippen LogP contribution < -0.4 is 15.4 Å². The van der Waals surface area contributed by atoms with Crippen LogP contribution >= 0.6 is 22.9 Å². The van der Waals surface area contributed by atoms with Crippen LogP contribution in [0.25, 0.3) is 11.3 Å². The Morgan fingerprint density at radius 2 is 2.03 bits per heavy atom. The molecule has 0 saturated heterocycles. The van der Waals surface area contributed by atoms with Crippen LogP contribution in [0, 0.1) is 6.92 Å². The average Bonchev–Trinajstić information content (AvgIpc) is 3.16. The van der Waals surface area contributed by atoms with E-state index in [0.717, 1.165) is 44.6 Å². The van der Waals surface area contributed by atoms with Gasteiger partial charge >= 0.3 is 0 Å². The standard InChI is InChI=1S/C24H24ClN3O3S/c1-15-24(16-4-7-18(25)8-5-16)28-23(32-15)14-26-21(29)3-2-12-31-19-9-10-20-17(13-19)6-11-22(30)27-20/h4-5,7-10,13H,2-3,6,11-12,14H2,1H3,(H,26,29)(H,27,30). The van der Waals surface area contributed by atoms with Gasteiger partial charge in [-0.15, -0.1) is 11.3 Å². The lowest BCUT2D eigenvalue weighted by Gasteiger charge is -2.17. The van der Waals surface area contributed by atoms with E-state index >= 15 is 0 Å². The first kappa shape index (κ1) is 22.3. The van der Waals surface area contributed by atoms with E-state index < -0.39 is 0 Å². The Morgan fingerprint density at radius 3 is 2.84 bits per heavy atom. The van der Waals surface area contributed by atoms with Gasteiger partial charge < -0.3 is 15.4 Å². The lowest BCUT2D eigenvalue weighted by Crippen LogP contribution is -2.23. The molecule has 0 radical (unpaired) electrons. The molecule has 0 unspecified atom stereocenters. The number of rotatable bonds is 8. The number of anilines is 1. The highest BCUT2D eigenvalue weighted by Gasteiger charge is 2.15. The third-order valence-electron chi connectivity index (χ3n) is 5.18. The highest BCUT2D eigenvalue weighted by atomic mass is 35.5. The molecule has 8 heteroatoms. The minimum atomic E-state index is -0.0253. The molecule has 1 aliphatic rings. The first-order valence-electron chi connectivity index (χ1n) is 10.5. The Hall–Kier alpha value is -2.90. The van der Waals surface area contributed by atoms with Crippen molar-refractivity contribution in [2.75, 3.05) is 11.9 Å². The zero-order chi connectivity index (χ0) is 22.5. The van der Waals surface area contributed by atoms with Crippen LogP contribution in [-0.4, -0.2) is 23.4 Å². The van der Waals surface area contributed by atoms with Gasteiger partial charge in [-0.1, -0.05) is 23.7 Å². The second-order valence-corrected chi connectivity index (χ2v) is 9.34. The number of aryl methyl sites for hydroxylation is 2. The molecule has 0 aliphatic carbocycles. The number of ether oxygens (including phenoxy) is 1. The molecule has 4 rings (SSSR count). The molecule has 2 heterocycles. The monoisotopic (exact) mass is 469 g/mol. The summed E-state index contributed by atoms with van der Waals surface area (Å²) in [6.45, 7) is 2.89. The van der Waals surface area contributed by atoms with Crippen molar-refractivity contribution in [3.05, 3.63) is 62.9 Å². The first-order valence-corrected chi connectivity index (χ1v) is 11.7. The Balaban J connectivity index is 1.20. The Morgan fingerprint density at radius 1 is 1.22 bits per heavy atom. The van der Waals surface area contributed by atoms with Crippen molar-refractivity contribution in [1.29, 1.82) is 0 Å². The van der Waals surface area contributed by atoms with Gasteiger partial charge in [0.05, 0.1) is 18.8 Å². The average molecular weight is 470 g/mol. The van der Waals surface area contributed by atoms with Crippen molar-refractivity contribution in [3.8, 4) is 17.0 Å². The number of carbonyl (C=O) groups is 2. The van der Waals surface area contributed by atoms with Gasteiger partial charge in [0, 0.05) is 34.0 Å². The number of aromatic nitrogens is 1. The van der Waals surface area contributed by atoms with Gasteiger partial charge in [0.1, 0.15) is 10.8 Å². The molecule has 166 valence electrons. The van der Waals surface area contributed by atoms with Gasteiger partial charge in [0.2, 0.25) is 11.8 Å². The van der Waals surface area contributed by atoms with E-state index in [1.54, 1.807) is 11.3 Å². The zero-order valence-electron chi connectivity index (χ0n) is 17.7. The van der Waals surface area contributed by atoms with Crippen LogP contribution in [0.3, 0.4) is 0 Å². The summed E-state index contributed by atoms with van der Waals surface area (Å²) in [6, 6.07) is 13.3. The van der Waals surface area contributed by atoms with Gasteiger partial charge in [0.25, 0.3) is 0 Å². The van der Waals surface area contributed by atoms with E-state index in [4.69, 9.17) is 16.3 Å². The third kappa shape index (κ3) is 5.66. The topological polar surface area (TPSA) is 80.3 Å². The maximum atomic E-state index is 12.2. The van der Waals surface area contributed by atoms with Crippen molar-refractivity contribution < 1.29 is 14.3 Å². The lowest BCUT2D eigenvalue weighted by atomic mass is 10.0. The summed E-state index contributed by atoms with van der Waals surface area (Å²) < 4.78 is 5.78. The van der Waals surface area contributed by atoms with Gasteiger partial charge in [0.15, 0.2) is 0 Å². The fraction of sp³-hybridized carbons (Fsp3) is 0.292. The number of nitrogens with zero attached hydrogens (tertiary/aromatic N) is 1. The minimum Gasteiger partial charge on any atom is -0.494 e. The fourth-order valence-electron chi connectivity index (χ4n) is 3.54. The number of halogens is 1. The minimum absolute atomic E-state index is 0.0253. The van der Waals surface area contributed by atoms with Gasteiger partial charge in [-0.3, -0.25) is 9.59 Å². The number of fused-ring (bicyclic) bond motifs is 1. The van der Waals surface area contributed by atoms with Crippen molar-refractivity contribution >= 4 is 40.4 Å². The van der Waals surface area contributed by atoms with E-state index in [2.05, 4.69) is 15.6 Å². The molecule has 0 fully saturated rings. The van der Waals surface area contributed by atoms with Crippen molar-refractivity contribution in [2.45, 2.75) is 39.2 Å². The van der Waals surface area contributed by atoms with E-state index in [1.165, 1.54) is 0 Å². The van der Waals surface area contributed by atoms with Crippen LogP contribution in [0.15, 0.2) is 42.5 Å². The highest BCUT2D eigenvalue weighted by Crippen LogP contribution is 2.29. The second-order valence-electron chi connectivity index (χ2n) is 7.62. The molecule has 1 aromatic heterocycles. The van der Waals surface area contributed by atoms with Crippen LogP contribution in [-0.2, 0) is 22.6 Å². The quantitative estimate of drug-likeness (QED) is 0.448. The maximum absolute atomic E-state index is 12.2. The SMILES string of the molecule is Cc1sc(CNC(=O)CCCOc2ccc3c(c2)CCC(=O)N3)nc1-c1ccc(Cl)cc1. The predicted octanol–water partition coefficient (Wildman–Crippen LogP) is 5.13. The molecule has 3 aromatic rings. The molecule has 0 spiro atoms. The van der Waals surface area contributed by atoms with Gasteiger partial charge in [-0.2, -0.15) is 0 Å². The lowest BCUT2D eigenvalue weighted by molar-refractivity contribution is -0.121. The van der Waals surface area contributed by atoms with E-state index in [-0.39, 0.29) is 11.8 Å². The summed E-state index contributed by atoms with van der Waals surface area (Å²) in [4.78, 5) is 29.4. The molecule has 32 heavy (non-hydrogen) atoms. The number of thiazole rings is 1. The summed E-state index contributed by atoms with van der Waals surface area (Å²) in [7, 11) is 0. The van der Waals surface area contributed by atoms with E-state index in [0.29, 0.717) is 37.4 Å². The van der Waals surface area contributed by atoms with Gasteiger partial charge in [-0.25, -0.2) is 4.98 Å². The highest BCUT2D eigenvalue weighted by molar-refractivity contribution is 7.12. The fourth-order valence-corrected chi connectivity index (χ4v) is 4.56. The molecular weight excluding hydrogens is 446 g/mol. The summed E-state index contributed by atoms with van der Waals surface area (Å²) in [5, 5.41) is 7.36. The number of amides is 2. The summed E-state index contributed by atoms with van der Waals surface area (Å²) in [5.74, 6) is 0.780. The maximum Gasteiger partial charge on any atom is 0.224 e. The number of benzene rings is 2. The number of hydrogen-bond acceptors (Lipinski definition) is 5. The molecule has 0 atom stereocenters. The molecule has 6 nitrogen and oxygen atoms in total. The molecule has 2 N–H and O–H groups in total. The van der Waals surface area contributed by atoms with Crippen LogP contribution in [0.2, 0.25) is 5.02 Å². The molecule has 0 bridgehead atoms. The third-order valence-corrected chi connectivity index (χ3v) is 6.41. The summed E-state index contributed by atoms with van der Waals surface area (Å²) >= 11 is 7.54. The predicted molar refractivity (Wildman–Crippen MR) is 127 cm³/mol. The number of nitrogens with one attached hydrogen (secondary N) is 2. The second kappa shape index (κ2) is 10.1. The van der Waals surface area contributed by atoms with Crippen molar-refractivity contribution in [3.63, 3.8) is 0 Å². The van der Waals surface area contributed by atoms with E-state index in [9.17, 15) is 9.59 Å². The van der Waals surface area contributed by atoms with Crippen molar-refractivity contribution in [2.24, 2.45) is 0 Å². The first-order chi connectivity index (χ1) is 15.5. The van der Waals surface area contributed by atoms with Gasteiger partial charge in [-0.05, 0) is 55.7 Å². The van der Waals surface area contributed by atoms with Crippen LogP contribution in [0.4, 0.5) is 5.69 Å². The summed E-state index contributed by atoms with van der Waals surface area (Å²) in [5.41, 5.74) is 3.87. The Labute approximate surface area is 196 Å². The molecule has 2 aromatic carbocycles. The normalized spacial score (nSPS) is 12.8. The molecule has 0 saturated carbocycles. The molecular formula is C24H24ClN3O3S.